The van der Waals surface area contributed by atoms with Crippen LogP contribution in [0.2, 0.25) is 0 Å². The Labute approximate surface area is 87.3 Å². The van der Waals surface area contributed by atoms with Crippen molar-refractivity contribution in [2.45, 2.75) is 4.90 Å². The average Bonchev–Trinajstić information content (AvgIpc) is 1.82. The normalized spacial score (nSPS) is 11.6. The topological polar surface area (TPSA) is 60.2 Å². The van der Waals surface area contributed by atoms with Gasteiger partial charge in [0.15, 0.2) is 0 Å². The van der Waals surface area contributed by atoms with Gasteiger partial charge in [0.05, 0.1) is 4.90 Å². The molecule has 0 spiro atoms. The monoisotopic (exact) mass is 313 g/mol. The van der Waals surface area contributed by atoms with E-state index in [0.29, 0.717) is 8.95 Å². The van der Waals surface area contributed by atoms with Gasteiger partial charge in [-0.2, -0.15) is 0 Å². The van der Waals surface area contributed by atoms with E-state index in [9.17, 15) is 8.42 Å². The Morgan fingerprint density at radius 3 is 1.83 bits per heavy atom. The molecule has 6 heteroatoms. The summed E-state index contributed by atoms with van der Waals surface area (Å²) in [5.74, 6) is 0. The average molecular weight is 315 g/mol. The van der Waals surface area contributed by atoms with Crippen molar-refractivity contribution in [1.29, 1.82) is 0 Å². The molecule has 0 heterocycles. The SMILES string of the molecule is NS(=O)(=O)c1cc(Br)cc(Br)c1. The van der Waals surface area contributed by atoms with Gasteiger partial charge in [0.1, 0.15) is 0 Å². The molecule has 1 aromatic rings. The van der Waals surface area contributed by atoms with Crippen LogP contribution in [0.15, 0.2) is 32.0 Å². The van der Waals surface area contributed by atoms with Gasteiger partial charge in [-0.25, -0.2) is 13.6 Å². The van der Waals surface area contributed by atoms with Crippen LogP contribution in [0.5, 0.6) is 0 Å². The van der Waals surface area contributed by atoms with Crippen molar-refractivity contribution in [3.63, 3.8) is 0 Å². The Morgan fingerprint density at radius 1 is 1.08 bits per heavy atom. The zero-order chi connectivity index (χ0) is 9.35. The van der Waals surface area contributed by atoms with Gasteiger partial charge in [0, 0.05) is 8.95 Å². The van der Waals surface area contributed by atoms with Crippen molar-refractivity contribution in [3.05, 3.63) is 27.1 Å². The van der Waals surface area contributed by atoms with Crippen molar-refractivity contribution in [1.82, 2.24) is 0 Å². The molecule has 0 aliphatic rings. The lowest BCUT2D eigenvalue weighted by Gasteiger charge is -1.99. The summed E-state index contributed by atoms with van der Waals surface area (Å²) in [6.07, 6.45) is 0. The second-order valence-electron chi connectivity index (χ2n) is 2.15. The summed E-state index contributed by atoms with van der Waals surface area (Å²) in [6, 6.07) is 4.62. The predicted molar refractivity (Wildman–Crippen MR) is 53.2 cm³/mol. The molecular formula is C6H5Br2NO2S. The first-order valence-electron chi connectivity index (χ1n) is 2.88. The molecule has 0 aliphatic carbocycles. The van der Waals surface area contributed by atoms with Crippen LogP contribution in [0.4, 0.5) is 0 Å². The van der Waals surface area contributed by atoms with Gasteiger partial charge in [0.25, 0.3) is 0 Å². The van der Waals surface area contributed by atoms with E-state index >= 15 is 0 Å². The molecular weight excluding hydrogens is 310 g/mol. The second kappa shape index (κ2) is 3.45. The van der Waals surface area contributed by atoms with E-state index in [2.05, 4.69) is 31.9 Å². The Kier molecular flexibility index (Phi) is 2.92. The third kappa shape index (κ3) is 2.55. The second-order valence-corrected chi connectivity index (χ2v) is 5.54. The van der Waals surface area contributed by atoms with Crippen molar-refractivity contribution in [3.8, 4) is 0 Å². The van der Waals surface area contributed by atoms with E-state index < -0.39 is 10.0 Å². The lowest BCUT2D eigenvalue weighted by atomic mass is 10.4. The number of primary sulfonamides is 1. The van der Waals surface area contributed by atoms with Gasteiger partial charge in [-0.1, -0.05) is 31.9 Å². The van der Waals surface area contributed by atoms with Crippen molar-refractivity contribution in [2.75, 3.05) is 0 Å². The minimum absolute atomic E-state index is 0.0868. The maximum Gasteiger partial charge on any atom is 0.238 e. The molecule has 0 atom stereocenters. The summed E-state index contributed by atoms with van der Waals surface area (Å²) in [6.45, 7) is 0. The lowest BCUT2D eigenvalue weighted by molar-refractivity contribution is 0.597. The molecule has 66 valence electrons. The first-order chi connectivity index (χ1) is 5.39. The molecule has 0 bridgehead atoms. The van der Waals surface area contributed by atoms with Crippen LogP contribution < -0.4 is 5.14 Å². The molecule has 1 rings (SSSR count). The molecule has 0 amide bonds. The van der Waals surface area contributed by atoms with E-state index in [-0.39, 0.29) is 4.90 Å². The van der Waals surface area contributed by atoms with Crippen molar-refractivity contribution >= 4 is 41.9 Å². The maximum absolute atomic E-state index is 10.9. The summed E-state index contributed by atoms with van der Waals surface area (Å²) < 4.78 is 23.1. The van der Waals surface area contributed by atoms with Crippen molar-refractivity contribution < 1.29 is 8.42 Å². The summed E-state index contributed by atoms with van der Waals surface area (Å²) in [7, 11) is -3.61. The van der Waals surface area contributed by atoms with E-state index in [1.54, 1.807) is 6.07 Å². The summed E-state index contributed by atoms with van der Waals surface area (Å²) in [5.41, 5.74) is 0. The van der Waals surface area contributed by atoms with Crippen LogP contribution >= 0.6 is 31.9 Å². The molecule has 1 aromatic carbocycles. The first kappa shape index (κ1) is 10.2. The fourth-order valence-electron chi connectivity index (χ4n) is 0.693. The molecule has 2 N–H and O–H groups in total. The fourth-order valence-corrected chi connectivity index (χ4v) is 2.87. The zero-order valence-corrected chi connectivity index (χ0v) is 9.78. The standard InChI is InChI=1S/C6H5Br2NO2S/c7-4-1-5(8)3-6(2-4)12(9,10)11/h1-3H,(H2,9,10,11). The van der Waals surface area contributed by atoms with Gasteiger partial charge in [-0.3, -0.25) is 0 Å². The largest absolute Gasteiger partial charge is 0.238 e. The number of sulfonamides is 1. The highest BCUT2D eigenvalue weighted by Gasteiger charge is 2.08. The minimum Gasteiger partial charge on any atom is -0.225 e. The van der Waals surface area contributed by atoms with Crippen LogP contribution in [0.3, 0.4) is 0 Å². The molecule has 0 unspecified atom stereocenters. The third-order valence-corrected chi connectivity index (χ3v) is 2.97. The molecule has 0 fully saturated rings. The summed E-state index contributed by atoms with van der Waals surface area (Å²) in [5, 5.41) is 4.93. The van der Waals surface area contributed by atoms with Crippen LogP contribution in [0.1, 0.15) is 0 Å². The number of hydrogen-bond acceptors (Lipinski definition) is 2. The summed E-state index contributed by atoms with van der Waals surface area (Å²) >= 11 is 6.31. The number of nitrogens with two attached hydrogens (primary N) is 1. The van der Waals surface area contributed by atoms with Crippen LogP contribution in [0, 0.1) is 0 Å². The predicted octanol–water partition coefficient (Wildman–Crippen LogP) is 1.86. The highest BCUT2D eigenvalue weighted by Crippen LogP contribution is 2.21. The number of halogens is 2. The van der Waals surface area contributed by atoms with Gasteiger partial charge < -0.3 is 0 Å². The highest BCUT2D eigenvalue weighted by molar-refractivity contribution is 9.11. The van der Waals surface area contributed by atoms with E-state index in [1.165, 1.54) is 12.1 Å². The molecule has 0 saturated heterocycles. The quantitative estimate of drug-likeness (QED) is 0.860. The van der Waals surface area contributed by atoms with E-state index in [0.717, 1.165) is 0 Å². The number of benzene rings is 1. The Morgan fingerprint density at radius 2 is 1.50 bits per heavy atom. The van der Waals surface area contributed by atoms with Crippen LogP contribution in [-0.2, 0) is 10.0 Å². The Bertz CT molecular complexity index is 382. The van der Waals surface area contributed by atoms with Gasteiger partial charge >= 0.3 is 0 Å². The molecule has 0 aromatic heterocycles. The van der Waals surface area contributed by atoms with Crippen molar-refractivity contribution in [2.24, 2.45) is 5.14 Å². The molecule has 0 aliphatic heterocycles. The molecule has 12 heavy (non-hydrogen) atoms. The molecule has 0 radical (unpaired) electrons. The van der Waals surface area contributed by atoms with Gasteiger partial charge in [-0.15, -0.1) is 0 Å². The smallest absolute Gasteiger partial charge is 0.225 e. The first-order valence-corrected chi connectivity index (χ1v) is 6.02. The number of hydrogen-bond donors (Lipinski definition) is 1. The lowest BCUT2D eigenvalue weighted by Crippen LogP contribution is -2.11. The van der Waals surface area contributed by atoms with Gasteiger partial charge in [0.2, 0.25) is 10.0 Å². The maximum atomic E-state index is 10.9. The Balaban J connectivity index is 3.37. The summed E-state index contributed by atoms with van der Waals surface area (Å²) in [4.78, 5) is 0.0868. The van der Waals surface area contributed by atoms with E-state index in [1.807, 2.05) is 0 Å². The highest BCUT2D eigenvalue weighted by atomic mass is 79.9. The van der Waals surface area contributed by atoms with Crippen LogP contribution in [-0.4, -0.2) is 8.42 Å². The zero-order valence-electron chi connectivity index (χ0n) is 5.79. The minimum atomic E-state index is -3.61. The molecule has 3 nitrogen and oxygen atoms in total. The number of rotatable bonds is 1. The van der Waals surface area contributed by atoms with Crippen LogP contribution in [0.25, 0.3) is 0 Å². The van der Waals surface area contributed by atoms with E-state index in [4.69, 9.17) is 5.14 Å². The fraction of sp³-hybridized carbons (Fsp3) is 0. The molecule has 0 saturated carbocycles. The Hall–Kier alpha value is 0.0900. The third-order valence-electron chi connectivity index (χ3n) is 1.16. The van der Waals surface area contributed by atoms with Gasteiger partial charge in [-0.05, 0) is 18.2 Å².